The molecule has 0 atom stereocenters. The highest BCUT2D eigenvalue weighted by molar-refractivity contribution is 5.92. The molecule has 0 bridgehead atoms. The molecule has 3 aromatic heterocycles. The summed E-state index contributed by atoms with van der Waals surface area (Å²) < 4.78 is 3.20. The van der Waals surface area contributed by atoms with Gasteiger partial charge < -0.3 is 4.57 Å². The molecule has 0 aliphatic carbocycles. The maximum Gasteiger partial charge on any atom is 0.271 e. The van der Waals surface area contributed by atoms with Gasteiger partial charge in [-0.05, 0) is 42.7 Å². The normalized spacial score (nSPS) is 12.0. The van der Waals surface area contributed by atoms with Crippen LogP contribution in [0.4, 0.5) is 0 Å². The Balaban J connectivity index is 1.99. The van der Waals surface area contributed by atoms with E-state index < -0.39 is 5.91 Å². The number of carbonyl (C=O) groups excluding carboxylic acids is 1. The molecule has 0 aliphatic heterocycles. The summed E-state index contributed by atoms with van der Waals surface area (Å²) in [6.45, 7) is 4.41. The molecule has 0 radical (unpaired) electrons. The number of nitriles is 1. The lowest BCUT2D eigenvalue weighted by Gasteiger charge is -2.13. The summed E-state index contributed by atoms with van der Waals surface area (Å²) in [7, 11) is 0. The van der Waals surface area contributed by atoms with Gasteiger partial charge >= 0.3 is 0 Å². The molecule has 3 heterocycles. The van der Waals surface area contributed by atoms with E-state index in [9.17, 15) is 14.9 Å². The summed E-state index contributed by atoms with van der Waals surface area (Å²) in [5.41, 5.74) is 2.78. The van der Waals surface area contributed by atoms with Crippen LogP contribution < -0.4 is 11.0 Å². The minimum atomic E-state index is -0.492. The van der Waals surface area contributed by atoms with Crippen molar-refractivity contribution in [3.05, 3.63) is 93.3 Å². The van der Waals surface area contributed by atoms with E-state index in [2.05, 4.69) is 11.1 Å². The van der Waals surface area contributed by atoms with Gasteiger partial charge in [-0.25, -0.2) is 4.98 Å². The smallest absolute Gasteiger partial charge is 0.271 e. The molecular formula is C26H23N5O2. The Kier molecular flexibility index (Phi) is 6.27. The van der Waals surface area contributed by atoms with Gasteiger partial charge in [-0.2, -0.15) is 10.3 Å². The third-order valence-electron chi connectivity index (χ3n) is 5.39. The molecule has 0 aliphatic rings. The quantitative estimate of drug-likeness (QED) is 0.351. The summed E-state index contributed by atoms with van der Waals surface area (Å²) >= 11 is 0. The minimum absolute atomic E-state index is 0.159. The number of hydrogen-bond acceptors (Lipinski definition) is 4. The Morgan fingerprint density at radius 3 is 2.70 bits per heavy atom. The second-order valence-corrected chi connectivity index (χ2v) is 7.73. The second kappa shape index (κ2) is 9.45. The van der Waals surface area contributed by atoms with Gasteiger partial charge in [-0.3, -0.25) is 14.0 Å². The number of carbonyl (C=O) groups is 1. The van der Waals surface area contributed by atoms with Crippen molar-refractivity contribution in [1.29, 1.82) is 5.26 Å². The Hall–Kier alpha value is -4.31. The molecule has 0 unspecified atom stereocenters. The van der Waals surface area contributed by atoms with Crippen LogP contribution in [0.2, 0.25) is 0 Å². The molecule has 164 valence electrons. The fourth-order valence-electron chi connectivity index (χ4n) is 3.69. The van der Waals surface area contributed by atoms with Crippen LogP contribution in [0.3, 0.4) is 0 Å². The van der Waals surface area contributed by atoms with Crippen molar-refractivity contribution >= 4 is 28.7 Å². The van der Waals surface area contributed by atoms with Crippen LogP contribution in [0.1, 0.15) is 36.5 Å². The monoisotopic (exact) mass is 437 g/mol. The molecule has 0 spiro atoms. The molecule has 4 rings (SSSR count). The summed E-state index contributed by atoms with van der Waals surface area (Å²) in [6.07, 6.45) is 6.38. The van der Waals surface area contributed by atoms with E-state index in [-0.39, 0.29) is 16.6 Å². The minimum Gasteiger partial charge on any atom is -0.309 e. The van der Waals surface area contributed by atoms with E-state index in [1.165, 1.54) is 16.5 Å². The number of rotatable bonds is 5. The SMILES string of the molecule is CCCCn1c(=NC(=O)C=Cc2ccccc2)c(C#N)cc2c(=O)n3cccc(C)c3nc21. The predicted molar refractivity (Wildman–Crippen MR) is 127 cm³/mol. The van der Waals surface area contributed by atoms with Crippen LogP contribution in [-0.2, 0) is 11.3 Å². The van der Waals surface area contributed by atoms with Crippen LogP contribution in [0.15, 0.2) is 70.6 Å². The lowest BCUT2D eigenvalue weighted by molar-refractivity contribution is -0.113. The highest BCUT2D eigenvalue weighted by Gasteiger charge is 2.15. The zero-order chi connectivity index (χ0) is 23.4. The van der Waals surface area contributed by atoms with E-state index in [0.717, 1.165) is 24.0 Å². The Morgan fingerprint density at radius 2 is 1.97 bits per heavy atom. The Morgan fingerprint density at radius 1 is 1.18 bits per heavy atom. The highest BCUT2D eigenvalue weighted by atomic mass is 16.1. The molecule has 7 nitrogen and oxygen atoms in total. The van der Waals surface area contributed by atoms with Crippen molar-refractivity contribution < 1.29 is 4.79 Å². The van der Waals surface area contributed by atoms with Gasteiger partial charge in [0.05, 0.1) is 10.9 Å². The number of nitrogens with zero attached hydrogens (tertiary/aromatic N) is 5. The first kappa shape index (κ1) is 21.9. The topological polar surface area (TPSA) is 92.5 Å². The van der Waals surface area contributed by atoms with Gasteiger partial charge in [-0.1, -0.05) is 49.7 Å². The molecular weight excluding hydrogens is 414 g/mol. The van der Waals surface area contributed by atoms with Crippen molar-refractivity contribution in [2.75, 3.05) is 0 Å². The van der Waals surface area contributed by atoms with Gasteiger partial charge in [-0.15, -0.1) is 0 Å². The van der Waals surface area contributed by atoms with Crippen LogP contribution >= 0.6 is 0 Å². The van der Waals surface area contributed by atoms with E-state index in [1.807, 2.05) is 50.2 Å². The molecule has 33 heavy (non-hydrogen) atoms. The van der Waals surface area contributed by atoms with Gasteiger partial charge in [0, 0.05) is 18.8 Å². The molecule has 1 aromatic carbocycles. The fourth-order valence-corrected chi connectivity index (χ4v) is 3.69. The molecule has 0 saturated heterocycles. The van der Waals surface area contributed by atoms with Gasteiger partial charge in [0.15, 0.2) is 5.49 Å². The number of fused-ring (bicyclic) bond motifs is 2. The molecule has 0 saturated carbocycles. The molecule has 7 heteroatoms. The summed E-state index contributed by atoms with van der Waals surface area (Å²) in [5, 5.41) is 10.1. The van der Waals surface area contributed by atoms with Crippen molar-refractivity contribution in [2.45, 2.75) is 33.2 Å². The van der Waals surface area contributed by atoms with Crippen molar-refractivity contribution in [3.8, 4) is 6.07 Å². The third-order valence-corrected chi connectivity index (χ3v) is 5.39. The third kappa shape index (κ3) is 4.37. The first-order valence-corrected chi connectivity index (χ1v) is 10.8. The van der Waals surface area contributed by atoms with Gasteiger partial charge in [0.2, 0.25) is 0 Å². The predicted octanol–water partition coefficient (Wildman–Crippen LogP) is 3.77. The average molecular weight is 438 g/mol. The molecule has 0 fully saturated rings. The highest BCUT2D eigenvalue weighted by Crippen LogP contribution is 2.13. The number of unbranched alkanes of at least 4 members (excludes halogenated alkanes) is 1. The first-order valence-electron chi connectivity index (χ1n) is 10.8. The number of aromatic nitrogens is 3. The van der Waals surface area contributed by atoms with Crippen LogP contribution in [0.25, 0.3) is 22.8 Å². The molecule has 4 aromatic rings. The molecule has 0 N–H and O–H groups in total. The van der Waals surface area contributed by atoms with E-state index in [0.29, 0.717) is 23.2 Å². The largest absolute Gasteiger partial charge is 0.309 e. The summed E-state index contributed by atoms with van der Waals surface area (Å²) in [6, 6.07) is 16.7. The van der Waals surface area contributed by atoms with Gasteiger partial charge in [0.25, 0.3) is 11.5 Å². The lowest BCUT2D eigenvalue weighted by atomic mass is 10.2. The van der Waals surface area contributed by atoms with E-state index in [1.54, 1.807) is 22.9 Å². The van der Waals surface area contributed by atoms with Crippen LogP contribution in [-0.4, -0.2) is 19.9 Å². The Labute approximate surface area is 190 Å². The van der Waals surface area contributed by atoms with Crippen molar-refractivity contribution in [1.82, 2.24) is 14.0 Å². The number of hydrogen-bond donors (Lipinski definition) is 0. The van der Waals surface area contributed by atoms with Gasteiger partial charge in [0.1, 0.15) is 17.4 Å². The number of benzene rings is 1. The maximum atomic E-state index is 13.2. The van der Waals surface area contributed by atoms with Crippen molar-refractivity contribution in [2.24, 2.45) is 4.99 Å². The maximum absolute atomic E-state index is 13.2. The van der Waals surface area contributed by atoms with Crippen molar-refractivity contribution in [3.63, 3.8) is 0 Å². The lowest BCUT2D eigenvalue weighted by Crippen LogP contribution is -2.29. The van der Waals surface area contributed by atoms with Crippen LogP contribution in [0, 0.1) is 18.3 Å². The number of aryl methyl sites for hydroxylation is 2. The second-order valence-electron chi connectivity index (χ2n) is 7.73. The fraction of sp³-hybridized carbons (Fsp3) is 0.192. The zero-order valence-corrected chi connectivity index (χ0v) is 18.5. The number of pyridine rings is 2. The van der Waals surface area contributed by atoms with E-state index in [4.69, 9.17) is 4.98 Å². The standard InChI is InChI=1S/C26H23N5O2/c1-3-4-14-30-24(28-22(32)13-12-19-10-6-5-7-11-19)20(17-27)16-21-25(30)29-23-18(2)9-8-15-31(23)26(21)33/h5-13,15-16H,3-4,14H2,1-2H3. The summed E-state index contributed by atoms with van der Waals surface area (Å²) in [4.78, 5) is 34.9. The Bertz CT molecular complexity index is 1550. The zero-order valence-electron chi connectivity index (χ0n) is 18.5. The first-order chi connectivity index (χ1) is 16.0. The van der Waals surface area contributed by atoms with E-state index >= 15 is 0 Å². The molecule has 1 amide bonds. The van der Waals surface area contributed by atoms with Crippen LogP contribution in [0.5, 0.6) is 0 Å². The average Bonchev–Trinajstić information content (AvgIpc) is 2.83. The summed E-state index contributed by atoms with van der Waals surface area (Å²) in [5.74, 6) is -0.492. The number of amides is 1.